The summed E-state index contributed by atoms with van der Waals surface area (Å²) in [4.78, 5) is 12.3. The summed E-state index contributed by atoms with van der Waals surface area (Å²) in [7, 11) is -3.50. The molecular formula is C16H22BrNO5S. The fraction of sp³-hybridized carbons (Fsp3) is 0.562. The first-order valence-corrected chi connectivity index (χ1v) is 10.2. The highest BCUT2D eigenvalue weighted by Gasteiger charge is 2.31. The minimum atomic E-state index is -3.50. The number of rotatable bonds is 5. The van der Waals surface area contributed by atoms with Crippen LogP contribution in [-0.2, 0) is 14.6 Å². The highest BCUT2D eigenvalue weighted by Crippen LogP contribution is 2.37. The summed E-state index contributed by atoms with van der Waals surface area (Å²) in [6.07, 6.45) is 0. The summed E-state index contributed by atoms with van der Waals surface area (Å²) in [5.41, 5.74) is 0.793. The van der Waals surface area contributed by atoms with Gasteiger partial charge in [0.2, 0.25) is 5.91 Å². The van der Waals surface area contributed by atoms with Crippen LogP contribution in [0.5, 0.6) is 11.5 Å². The van der Waals surface area contributed by atoms with Gasteiger partial charge in [0.25, 0.3) is 0 Å². The third kappa shape index (κ3) is 3.85. The normalized spacial score (nSPS) is 16.6. The smallest absolute Gasteiger partial charge is 0.238 e. The van der Waals surface area contributed by atoms with Crippen molar-refractivity contribution in [1.29, 1.82) is 0 Å². The lowest BCUT2D eigenvalue weighted by Gasteiger charge is -2.23. The number of amides is 1. The van der Waals surface area contributed by atoms with Crippen LogP contribution in [0.25, 0.3) is 0 Å². The van der Waals surface area contributed by atoms with E-state index in [4.69, 9.17) is 9.47 Å². The second-order valence-corrected chi connectivity index (χ2v) is 9.71. The van der Waals surface area contributed by atoms with Gasteiger partial charge in [0.15, 0.2) is 21.3 Å². The van der Waals surface area contributed by atoms with Crippen LogP contribution in [0.2, 0.25) is 0 Å². The van der Waals surface area contributed by atoms with Gasteiger partial charge in [-0.15, -0.1) is 0 Å². The Morgan fingerprint density at radius 2 is 1.67 bits per heavy atom. The van der Waals surface area contributed by atoms with Crippen molar-refractivity contribution in [3.05, 3.63) is 22.2 Å². The van der Waals surface area contributed by atoms with E-state index in [0.29, 0.717) is 24.7 Å². The summed E-state index contributed by atoms with van der Waals surface area (Å²) < 4.78 is 36.1. The van der Waals surface area contributed by atoms with Crippen molar-refractivity contribution in [3.8, 4) is 11.5 Å². The Hall–Kier alpha value is -1.28. The number of fused-ring (bicyclic) bond motifs is 1. The summed E-state index contributed by atoms with van der Waals surface area (Å²) in [5, 5.41) is 1.06. The summed E-state index contributed by atoms with van der Waals surface area (Å²) in [6, 6.07) is 3.21. The number of ether oxygens (including phenoxy) is 2. The Morgan fingerprint density at radius 3 is 2.21 bits per heavy atom. The Kier molecular flexibility index (Phi) is 5.80. The molecule has 2 rings (SSSR count). The van der Waals surface area contributed by atoms with Crippen LogP contribution in [0.3, 0.4) is 0 Å². The largest absolute Gasteiger partial charge is 0.486 e. The van der Waals surface area contributed by atoms with E-state index in [-0.39, 0.29) is 6.04 Å². The van der Waals surface area contributed by atoms with Crippen LogP contribution < -0.4 is 14.8 Å². The molecule has 0 spiro atoms. The fourth-order valence-corrected chi connectivity index (χ4v) is 4.23. The maximum absolute atomic E-state index is 12.3. The number of sulfone groups is 1. The number of hydrogen-bond acceptors (Lipinski definition) is 5. The first-order valence-electron chi connectivity index (χ1n) is 7.76. The zero-order valence-corrected chi connectivity index (χ0v) is 16.5. The monoisotopic (exact) mass is 419 g/mol. The minimum Gasteiger partial charge on any atom is -0.486 e. The number of carbonyl (C=O) groups excluding carboxylic acids is 1. The lowest BCUT2D eigenvalue weighted by atomic mass is 10.1. The van der Waals surface area contributed by atoms with Gasteiger partial charge >= 0.3 is 0 Å². The summed E-state index contributed by atoms with van der Waals surface area (Å²) >= 11 is 3.46. The molecule has 1 aliphatic rings. The van der Waals surface area contributed by atoms with Gasteiger partial charge in [0, 0.05) is 4.47 Å². The molecule has 0 aromatic heterocycles. The molecule has 0 saturated heterocycles. The van der Waals surface area contributed by atoms with Gasteiger partial charge in [0.05, 0.1) is 11.3 Å². The topological polar surface area (TPSA) is 81.7 Å². The fourth-order valence-electron chi connectivity index (χ4n) is 2.38. The molecule has 0 saturated carbocycles. The van der Waals surface area contributed by atoms with E-state index in [1.165, 1.54) is 6.92 Å². The molecule has 0 aliphatic carbocycles. The third-order valence-electron chi connectivity index (χ3n) is 4.01. The minimum absolute atomic E-state index is 0.382. The second kappa shape index (κ2) is 7.31. The summed E-state index contributed by atoms with van der Waals surface area (Å²) in [6.45, 7) is 7.31. The molecule has 2 unspecified atom stereocenters. The molecule has 134 valence electrons. The first-order chi connectivity index (χ1) is 11.1. The van der Waals surface area contributed by atoms with Crippen molar-refractivity contribution in [2.24, 2.45) is 0 Å². The molecule has 8 heteroatoms. The highest BCUT2D eigenvalue weighted by atomic mass is 79.9. The van der Waals surface area contributed by atoms with Gasteiger partial charge in [-0.25, -0.2) is 8.42 Å². The van der Waals surface area contributed by atoms with Crippen molar-refractivity contribution in [2.45, 2.75) is 44.2 Å². The molecule has 24 heavy (non-hydrogen) atoms. The van der Waals surface area contributed by atoms with Gasteiger partial charge in [-0.05, 0) is 45.4 Å². The first kappa shape index (κ1) is 19.1. The number of carbonyl (C=O) groups is 1. The number of hydrogen-bond donors (Lipinski definition) is 1. The zero-order valence-electron chi connectivity index (χ0n) is 14.1. The molecule has 0 fully saturated rings. The van der Waals surface area contributed by atoms with Crippen molar-refractivity contribution in [3.63, 3.8) is 0 Å². The van der Waals surface area contributed by atoms with E-state index in [2.05, 4.69) is 21.2 Å². The quantitative estimate of drug-likeness (QED) is 0.792. The zero-order chi connectivity index (χ0) is 18.1. The molecule has 6 nitrogen and oxygen atoms in total. The van der Waals surface area contributed by atoms with Gasteiger partial charge in [-0.2, -0.15) is 0 Å². The lowest BCUT2D eigenvalue weighted by molar-refractivity contribution is -0.121. The predicted octanol–water partition coefficient (Wildman–Crippen LogP) is 2.61. The van der Waals surface area contributed by atoms with Gasteiger partial charge in [0.1, 0.15) is 18.5 Å². The Labute approximate surface area is 151 Å². The predicted molar refractivity (Wildman–Crippen MR) is 95.2 cm³/mol. The van der Waals surface area contributed by atoms with Crippen molar-refractivity contribution >= 4 is 31.7 Å². The average Bonchev–Trinajstić information content (AvgIpc) is 2.52. The maximum Gasteiger partial charge on any atom is 0.238 e. The lowest BCUT2D eigenvalue weighted by Crippen LogP contribution is -2.41. The number of halogens is 1. The SMILES string of the molecule is CC(NC(=O)C(C)S(=O)(=O)C(C)C)c1cc2c(cc1Br)OCCO2. The van der Waals surface area contributed by atoms with Crippen LogP contribution in [0.15, 0.2) is 16.6 Å². The Bertz CT molecular complexity index is 732. The van der Waals surface area contributed by atoms with E-state index in [9.17, 15) is 13.2 Å². The van der Waals surface area contributed by atoms with Crippen LogP contribution in [0, 0.1) is 0 Å². The van der Waals surface area contributed by atoms with E-state index in [0.717, 1.165) is 10.0 Å². The second-order valence-electron chi connectivity index (χ2n) is 6.03. The van der Waals surface area contributed by atoms with E-state index in [1.54, 1.807) is 32.9 Å². The molecule has 2 atom stereocenters. The molecule has 0 radical (unpaired) electrons. The van der Waals surface area contributed by atoms with Gasteiger partial charge in [-0.3, -0.25) is 4.79 Å². The van der Waals surface area contributed by atoms with Crippen molar-refractivity contribution in [2.75, 3.05) is 13.2 Å². The standard InChI is InChI=1S/C16H22BrNO5S/c1-9(2)24(20,21)11(4)16(19)18-10(3)12-7-14-15(8-13(12)17)23-6-5-22-14/h7-11H,5-6H2,1-4H3,(H,18,19). The van der Waals surface area contributed by atoms with E-state index in [1.807, 2.05) is 0 Å². The van der Waals surface area contributed by atoms with Gasteiger partial charge in [-0.1, -0.05) is 15.9 Å². The molecule has 1 N–H and O–H groups in total. The molecule has 1 heterocycles. The average molecular weight is 420 g/mol. The molecule has 1 aromatic rings. The number of nitrogens with one attached hydrogen (secondary N) is 1. The maximum atomic E-state index is 12.3. The Balaban J connectivity index is 2.18. The van der Waals surface area contributed by atoms with Crippen molar-refractivity contribution < 1.29 is 22.7 Å². The molecular weight excluding hydrogens is 398 g/mol. The van der Waals surface area contributed by atoms with Crippen LogP contribution in [-0.4, -0.2) is 38.0 Å². The molecule has 1 amide bonds. The van der Waals surface area contributed by atoms with E-state index < -0.39 is 26.2 Å². The molecule has 1 aromatic carbocycles. The third-order valence-corrected chi connectivity index (χ3v) is 7.21. The van der Waals surface area contributed by atoms with Crippen LogP contribution in [0.1, 0.15) is 39.3 Å². The van der Waals surface area contributed by atoms with Crippen LogP contribution in [0.4, 0.5) is 0 Å². The van der Waals surface area contributed by atoms with Crippen molar-refractivity contribution in [1.82, 2.24) is 5.32 Å². The molecule has 1 aliphatic heterocycles. The van der Waals surface area contributed by atoms with Crippen LogP contribution >= 0.6 is 15.9 Å². The van der Waals surface area contributed by atoms with Gasteiger partial charge < -0.3 is 14.8 Å². The summed E-state index contributed by atoms with van der Waals surface area (Å²) in [5.74, 6) is 0.743. The Morgan fingerprint density at radius 1 is 1.12 bits per heavy atom. The molecule has 0 bridgehead atoms. The van der Waals surface area contributed by atoms with E-state index >= 15 is 0 Å². The highest BCUT2D eigenvalue weighted by molar-refractivity contribution is 9.10. The number of benzene rings is 1.